The van der Waals surface area contributed by atoms with Crippen molar-refractivity contribution in [3.63, 3.8) is 0 Å². The molecule has 4 heteroatoms. The second kappa shape index (κ2) is 8.98. The van der Waals surface area contributed by atoms with Crippen LogP contribution < -0.4 is 0 Å². The molecule has 0 rings (SSSR count). The Morgan fingerprint density at radius 3 is 1.33 bits per heavy atom. The molecule has 0 fully saturated rings. The van der Waals surface area contributed by atoms with Crippen molar-refractivity contribution >= 4 is 11.9 Å². The van der Waals surface area contributed by atoms with Gasteiger partial charge in [-0.2, -0.15) is 0 Å². The van der Waals surface area contributed by atoms with Gasteiger partial charge in [0.25, 0.3) is 0 Å². The molecule has 0 saturated carbocycles. The molecule has 98 valence electrons. The van der Waals surface area contributed by atoms with Crippen LogP contribution in [-0.2, 0) is 19.1 Å². The van der Waals surface area contributed by atoms with Gasteiger partial charge in [-0.3, -0.25) is 0 Å². The van der Waals surface area contributed by atoms with Crippen LogP contribution in [0.25, 0.3) is 0 Å². The summed E-state index contributed by atoms with van der Waals surface area (Å²) in [6.07, 6.45) is 10.2. The minimum Gasteiger partial charge on any atom is -0.466 e. The smallest absolute Gasteiger partial charge is 0.333 e. The molecule has 0 atom stereocenters. The van der Waals surface area contributed by atoms with Crippen LogP contribution >= 0.6 is 0 Å². The van der Waals surface area contributed by atoms with E-state index in [9.17, 15) is 9.59 Å². The predicted octanol–water partition coefficient (Wildman–Crippen LogP) is 2.34. The van der Waals surface area contributed by atoms with Gasteiger partial charge in [0.1, 0.15) is 0 Å². The number of carbonyl (C=O) groups is 2. The summed E-state index contributed by atoms with van der Waals surface area (Å²) in [5.74, 6) is -0.713. The van der Waals surface area contributed by atoms with E-state index in [4.69, 9.17) is 0 Å². The van der Waals surface area contributed by atoms with Crippen LogP contribution in [0.2, 0.25) is 0 Å². The van der Waals surface area contributed by atoms with Gasteiger partial charge in [-0.25, -0.2) is 9.59 Å². The molecular formula is C14H18O4. The highest BCUT2D eigenvalue weighted by atomic mass is 16.5. The van der Waals surface area contributed by atoms with Crippen LogP contribution in [0, 0.1) is 0 Å². The average molecular weight is 250 g/mol. The lowest BCUT2D eigenvalue weighted by atomic mass is 10.2. The average Bonchev–Trinajstić information content (AvgIpc) is 2.39. The van der Waals surface area contributed by atoms with Gasteiger partial charge in [0, 0.05) is 11.1 Å². The number of esters is 2. The van der Waals surface area contributed by atoms with E-state index in [0.717, 1.165) is 0 Å². The van der Waals surface area contributed by atoms with E-state index in [-0.39, 0.29) is 11.9 Å². The number of rotatable bonds is 5. The summed E-state index contributed by atoms with van der Waals surface area (Å²) in [4.78, 5) is 22.1. The van der Waals surface area contributed by atoms with Crippen molar-refractivity contribution in [1.29, 1.82) is 0 Å². The summed E-state index contributed by atoms with van der Waals surface area (Å²) < 4.78 is 9.08. The Bertz CT molecular complexity index is 372. The van der Waals surface area contributed by atoms with Crippen LogP contribution in [-0.4, -0.2) is 26.2 Å². The van der Waals surface area contributed by atoms with Crippen molar-refractivity contribution in [2.24, 2.45) is 0 Å². The molecule has 0 aliphatic rings. The zero-order valence-electron chi connectivity index (χ0n) is 11.1. The Kier molecular flexibility index (Phi) is 7.94. The highest BCUT2D eigenvalue weighted by Gasteiger charge is 2.00. The fourth-order valence-corrected chi connectivity index (χ4v) is 0.986. The van der Waals surface area contributed by atoms with Crippen molar-refractivity contribution in [3.05, 3.63) is 47.6 Å². The monoisotopic (exact) mass is 250 g/mol. The Labute approximate surface area is 107 Å². The topological polar surface area (TPSA) is 52.6 Å². The molecule has 0 radical (unpaired) electrons. The Morgan fingerprint density at radius 2 is 1.06 bits per heavy atom. The zero-order chi connectivity index (χ0) is 14.0. The van der Waals surface area contributed by atoms with Gasteiger partial charge in [-0.05, 0) is 13.8 Å². The summed E-state index contributed by atoms with van der Waals surface area (Å²) in [6.45, 7) is 3.34. The number of hydrogen-bond acceptors (Lipinski definition) is 4. The van der Waals surface area contributed by atoms with E-state index in [1.807, 2.05) is 0 Å². The van der Waals surface area contributed by atoms with E-state index in [1.54, 1.807) is 50.3 Å². The predicted molar refractivity (Wildman–Crippen MR) is 69.8 cm³/mol. The van der Waals surface area contributed by atoms with Gasteiger partial charge in [-0.1, -0.05) is 36.5 Å². The molecule has 0 N–H and O–H groups in total. The van der Waals surface area contributed by atoms with Gasteiger partial charge < -0.3 is 9.47 Å². The third-order valence-corrected chi connectivity index (χ3v) is 2.04. The maximum atomic E-state index is 11.0. The van der Waals surface area contributed by atoms with E-state index in [0.29, 0.717) is 11.1 Å². The first-order valence-electron chi connectivity index (χ1n) is 5.38. The SMILES string of the molecule is COC(=O)/C(C)=C/C=C/C=C/C=C(\C)C(=O)OC. The molecule has 4 nitrogen and oxygen atoms in total. The molecule has 0 saturated heterocycles. The molecule has 0 aliphatic carbocycles. The number of hydrogen-bond donors (Lipinski definition) is 0. The summed E-state index contributed by atoms with van der Waals surface area (Å²) in [6, 6.07) is 0. The molecular weight excluding hydrogens is 232 g/mol. The normalized spacial score (nSPS) is 13.1. The molecule has 0 unspecified atom stereocenters. The molecule has 0 bridgehead atoms. The van der Waals surface area contributed by atoms with Crippen molar-refractivity contribution in [2.75, 3.05) is 14.2 Å². The molecule has 18 heavy (non-hydrogen) atoms. The third-order valence-electron chi connectivity index (χ3n) is 2.04. The van der Waals surface area contributed by atoms with E-state index in [2.05, 4.69) is 9.47 Å². The highest BCUT2D eigenvalue weighted by molar-refractivity contribution is 5.88. The molecule has 0 aromatic rings. The molecule has 0 aromatic heterocycles. The summed E-state index contributed by atoms with van der Waals surface area (Å²) in [5.41, 5.74) is 1.03. The summed E-state index contributed by atoms with van der Waals surface area (Å²) in [5, 5.41) is 0. The Morgan fingerprint density at radius 1 is 0.722 bits per heavy atom. The number of allylic oxidation sites excluding steroid dienone is 6. The van der Waals surface area contributed by atoms with Gasteiger partial charge in [-0.15, -0.1) is 0 Å². The highest BCUT2D eigenvalue weighted by Crippen LogP contribution is 1.97. The van der Waals surface area contributed by atoms with Gasteiger partial charge in [0.2, 0.25) is 0 Å². The fraction of sp³-hybridized carbons (Fsp3) is 0.286. The lowest BCUT2D eigenvalue weighted by Gasteiger charge is -1.95. The number of carbonyl (C=O) groups excluding carboxylic acids is 2. The van der Waals surface area contributed by atoms with E-state index < -0.39 is 0 Å². The van der Waals surface area contributed by atoms with Crippen molar-refractivity contribution in [3.8, 4) is 0 Å². The van der Waals surface area contributed by atoms with Gasteiger partial charge in [0.05, 0.1) is 14.2 Å². The van der Waals surface area contributed by atoms with Crippen LogP contribution in [0.4, 0.5) is 0 Å². The second-order valence-electron chi connectivity index (χ2n) is 3.45. The number of ether oxygens (including phenoxy) is 2. The maximum absolute atomic E-state index is 11.0. The lowest BCUT2D eigenvalue weighted by molar-refractivity contribution is -0.136. The molecule has 0 heterocycles. The van der Waals surface area contributed by atoms with Crippen LogP contribution in [0.1, 0.15) is 13.8 Å². The fourth-order valence-electron chi connectivity index (χ4n) is 0.986. The summed E-state index contributed by atoms with van der Waals surface area (Å²) >= 11 is 0. The molecule has 0 amide bonds. The lowest BCUT2D eigenvalue weighted by Crippen LogP contribution is -2.00. The third kappa shape index (κ3) is 6.48. The minimum absolute atomic E-state index is 0.356. The second-order valence-corrected chi connectivity index (χ2v) is 3.45. The molecule has 0 aliphatic heterocycles. The van der Waals surface area contributed by atoms with Crippen molar-refractivity contribution < 1.29 is 19.1 Å². The largest absolute Gasteiger partial charge is 0.466 e. The van der Waals surface area contributed by atoms with Crippen LogP contribution in [0.15, 0.2) is 47.6 Å². The Hall–Kier alpha value is -2.10. The summed E-state index contributed by atoms with van der Waals surface area (Å²) in [7, 11) is 2.67. The Balaban J connectivity index is 4.34. The first-order valence-corrected chi connectivity index (χ1v) is 5.38. The van der Waals surface area contributed by atoms with Gasteiger partial charge >= 0.3 is 11.9 Å². The first-order chi connectivity index (χ1) is 8.52. The van der Waals surface area contributed by atoms with E-state index in [1.165, 1.54) is 14.2 Å². The first kappa shape index (κ1) is 15.9. The van der Waals surface area contributed by atoms with Crippen LogP contribution in [0.3, 0.4) is 0 Å². The molecule has 0 aromatic carbocycles. The standard InChI is InChI=1S/C14H18O4/c1-11(13(15)17-3)9-7-5-6-8-10-12(2)14(16)18-4/h5-10H,1-4H3/b7-5+,8-6+,11-9+,12-10+. The van der Waals surface area contributed by atoms with Crippen LogP contribution in [0.5, 0.6) is 0 Å². The zero-order valence-corrected chi connectivity index (χ0v) is 11.1. The maximum Gasteiger partial charge on any atom is 0.333 e. The number of methoxy groups -OCH3 is 2. The van der Waals surface area contributed by atoms with Gasteiger partial charge in [0.15, 0.2) is 0 Å². The van der Waals surface area contributed by atoms with Crippen molar-refractivity contribution in [2.45, 2.75) is 13.8 Å². The quantitative estimate of drug-likeness (QED) is 0.427. The van der Waals surface area contributed by atoms with E-state index >= 15 is 0 Å². The minimum atomic E-state index is -0.356. The van der Waals surface area contributed by atoms with Crippen molar-refractivity contribution in [1.82, 2.24) is 0 Å². The molecule has 0 spiro atoms.